The summed E-state index contributed by atoms with van der Waals surface area (Å²) in [5, 5.41) is 3.45. The van der Waals surface area contributed by atoms with Gasteiger partial charge in [-0.25, -0.2) is 0 Å². The van der Waals surface area contributed by atoms with E-state index in [-0.39, 0.29) is 0 Å². The van der Waals surface area contributed by atoms with E-state index in [1.807, 2.05) is 0 Å². The van der Waals surface area contributed by atoms with Gasteiger partial charge >= 0.3 is 0 Å². The van der Waals surface area contributed by atoms with Crippen molar-refractivity contribution in [2.75, 3.05) is 26.3 Å². The third-order valence-electron chi connectivity index (χ3n) is 3.65. The first-order valence-electron chi connectivity index (χ1n) is 6.23. The van der Waals surface area contributed by atoms with E-state index in [9.17, 15) is 0 Å². The van der Waals surface area contributed by atoms with Crippen molar-refractivity contribution in [3.8, 4) is 0 Å². The van der Waals surface area contributed by atoms with Crippen LogP contribution < -0.4 is 5.32 Å². The summed E-state index contributed by atoms with van der Waals surface area (Å²) >= 11 is 0. The fraction of sp³-hybridized carbons (Fsp3) is 1.00. The van der Waals surface area contributed by atoms with Gasteiger partial charge in [-0.05, 0) is 57.0 Å². The van der Waals surface area contributed by atoms with Gasteiger partial charge in [-0.15, -0.1) is 0 Å². The first-order chi connectivity index (χ1) is 6.95. The molecule has 1 aliphatic heterocycles. The van der Waals surface area contributed by atoms with Crippen molar-refractivity contribution in [1.82, 2.24) is 5.32 Å². The molecule has 2 heteroatoms. The van der Waals surface area contributed by atoms with Crippen molar-refractivity contribution < 1.29 is 4.74 Å². The van der Waals surface area contributed by atoms with Crippen LogP contribution >= 0.6 is 0 Å². The molecule has 0 aromatic heterocycles. The lowest BCUT2D eigenvalue weighted by molar-refractivity contribution is 0.0603. The molecule has 1 saturated carbocycles. The smallest absolute Gasteiger partial charge is 0.0494 e. The van der Waals surface area contributed by atoms with Crippen LogP contribution in [0.15, 0.2) is 0 Å². The van der Waals surface area contributed by atoms with Crippen LogP contribution in [0.4, 0.5) is 0 Å². The molecule has 1 N–H and O–H groups in total. The molecule has 0 radical (unpaired) electrons. The maximum atomic E-state index is 5.71. The number of ether oxygens (including phenoxy) is 1. The first-order valence-corrected chi connectivity index (χ1v) is 6.23. The molecule has 0 aromatic rings. The van der Waals surface area contributed by atoms with E-state index in [4.69, 9.17) is 4.74 Å². The van der Waals surface area contributed by atoms with E-state index >= 15 is 0 Å². The first kappa shape index (κ1) is 10.4. The second-order valence-electron chi connectivity index (χ2n) is 4.87. The Kier molecular flexibility index (Phi) is 4.26. The lowest BCUT2D eigenvalue weighted by Crippen LogP contribution is -2.30. The van der Waals surface area contributed by atoms with Gasteiger partial charge in [0.15, 0.2) is 0 Å². The Morgan fingerprint density at radius 3 is 2.57 bits per heavy atom. The molecule has 2 rings (SSSR count). The summed E-state index contributed by atoms with van der Waals surface area (Å²) in [4.78, 5) is 0. The Morgan fingerprint density at radius 1 is 1.07 bits per heavy atom. The van der Waals surface area contributed by atoms with Gasteiger partial charge in [-0.3, -0.25) is 0 Å². The minimum atomic E-state index is 0.880. The Morgan fingerprint density at radius 2 is 1.93 bits per heavy atom. The zero-order valence-electron chi connectivity index (χ0n) is 9.13. The molecule has 1 atom stereocenters. The Bertz CT molecular complexity index is 150. The van der Waals surface area contributed by atoms with Crippen molar-refractivity contribution >= 4 is 0 Å². The SMILES string of the molecule is C1CNCC(CCOCC2CCC2)C1. The average molecular weight is 197 g/mol. The number of piperidine rings is 1. The Labute approximate surface area is 87.4 Å². The summed E-state index contributed by atoms with van der Waals surface area (Å²) < 4.78 is 5.71. The molecule has 2 fully saturated rings. The molecule has 1 unspecified atom stereocenters. The Balaban J connectivity index is 1.45. The van der Waals surface area contributed by atoms with Gasteiger partial charge < -0.3 is 10.1 Å². The van der Waals surface area contributed by atoms with Crippen molar-refractivity contribution in [1.29, 1.82) is 0 Å². The van der Waals surface area contributed by atoms with Crippen molar-refractivity contribution in [2.45, 2.75) is 38.5 Å². The zero-order chi connectivity index (χ0) is 9.64. The quantitative estimate of drug-likeness (QED) is 0.682. The lowest BCUT2D eigenvalue weighted by atomic mass is 9.86. The maximum Gasteiger partial charge on any atom is 0.0494 e. The lowest BCUT2D eigenvalue weighted by Gasteiger charge is -2.26. The Hall–Kier alpha value is -0.0800. The fourth-order valence-corrected chi connectivity index (χ4v) is 2.33. The van der Waals surface area contributed by atoms with Gasteiger partial charge in [-0.1, -0.05) is 6.42 Å². The standard InChI is InChI=1S/C12H23NO/c1-3-12(4-1)10-14-8-6-11-5-2-7-13-9-11/h11-13H,1-10H2. The highest BCUT2D eigenvalue weighted by molar-refractivity contribution is 4.70. The third kappa shape index (κ3) is 3.25. The molecular weight excluding hydrogens is 174 g/mol. The number of nitrogens with one attached hydrogen (secondary N) is 1. The van der Waals surface area contributed by atoms with Crippen LogP contribution in [0, 0.1) is 11.8 Å². The molecule has 0 bridgehead atoms. The molecule has 0 amide bonds. The molecular formula is C12H23NO. The predicted octanol–water partition coefficient (Wildman–Crippen LogP) is 2.19. The molecule has 0 spiro atoms. The van der Waals surface area contributed by atoms with Crippen molar-refractivity contribution in [3.63, 3.8) is 0 Å². The van der Waals surface area contributed by atoms with Crippen LogP contribution in [-0.2, 0) is 4.74 Å². The normalized spacial score (nSPS) is 28.7. The predicted molar refractivity (Wildman–Crippen MR) is 58.4 cm³/mol. The van der Waals surface area contributed by atoms with Gasteiger partial charge in [0.2, 0.25) is 0 Å². The maximum absolute atomic E-state index is 5.71. The molecule has 2 nitrogen and oxygen atoms in total. The van der Waals surface area contributed by atoms with Crippen molar-refractivity contribution in [2.24, 2.45) is 11.8 Å². The fourth-order valence-electron chi connectivity index (χ4n) is 2.33. The molecule has 82 valence electrons. The largest absolute Gasteiger partial charge is 0.381 e. The van der Waals surface area contributed by atoms with Crippen LogP contribution in [0.25, 0.3) is 0 Å². The highest BCUT2D eigenvalue weighted by atomic mass is 16.5. The van der Waals surface area contributed by atoms with E-state index < -0.39 is 0 Å². The van der Waals surface area contributed by atoms with Crippen LogP contribution in [-0.4, -0.2) is 26.3 Å². The van der Waals surface area contributed by atoms with Gasteiger partial charge in [0.25, 0.3) is 0 Å². The minimum Gasteiger partial charge on any atom is -0.381 e. The average Bonchev–Trinajstić information content (AvgIpc) is 2.16. The van der Waals surface area contributed by atoms with E-state index in [0.717, 1.165) is 25.0 Å². The second-order valence-corrected chi connectivity index (χ2v) is 4.87. The summed E-state index contributed by atoms with van der Waals surface area (Å²) in [6.07, 6.45) is 8.27. The number of rotatable bonds is 5. The number of hydrogen-bond donors (Lipinski definition) is 1. The molecule has 1 aliphatic carbocycles. The van der Waals surface area contributed by atoms with Gasteiger partial charge in [0.1, 0.15) is 0 Å². The van der Waals surface area contributed by atoms with Gasteiger partial charge in [0, 0.05) is 13.2 Å². The highest BCUT2D eigenvalue weighted by Crippen LogP contribution is 2.26. The summed E-state index contributed by atoms with van der Waals surface area (Å²) in [5.74, 6) is 1.78. The van der Waals surface area contributed by atoms with E-state index in [1.54, 1.807) is 0 Å². The van der Waals surface area contributed by atoms with Gasteiger partial charge in [0.05, 0.1) is 0 Å². The molecule has 1 saturated heterocycles. The van der Waals surface area contributed by atoms with Crippen LogP contribution in [0.1, 0.15) is 38.5 Å². The van der Waals surface area contributed by atoms with Gasteiger partial charge in [-0.2, -0.15) is 0 Å². The summed E-state index contributed by atoms with van der Waals surface area (Å²) in [6, 6.07) is 0. The molecule has 1 heterocycles. The van der Waals surface area contributed by atoms with E-state index in [0.29, 0.717) is 0 Å². The van der Waals surface area contributed by atoms with Crippen molar-refractivity contribution in [3.05, 3.63) is 0 Å². The molecule has 0 aromatic carbocycles. The monoisotopic (exact) mass is 197 g/mol. The minimum absolute atomic E-state index is 0.880. The van der Waals surface area contributed by atoms with E-state index in [2.05, 4.69) is 5.32 Å². The molecule has 2 aliphatic rings. The molecule has 14 heavy (non-hydrogen) atoms. The third-order valence-corrected chi connectivity index (χ3v) is 3.65. The topological polar surface area (TPSA) is 21.3 Å². The summed E-state index contributed by atoms with van der Waals surface area (Å²) in [5.41, 5.74) is 0. The number of hydrogen-bond acceptors (Lipinski definition) is 2. The van der Waals surface area contributed by atoms with E-state index in [1.165, 1.54) is 51.6 Å². The van der Waals surface area contributed by atoms with Crippen LogP contribution in [0.2, 0.25) is 0 Å². The van der Waals surface area contributed by atoms with Crippen LogP contribution in [0.3, 0.4) is 0 Å². The second kappa shape index (κ2) is 5.72. The highest BCUT2D eigenvalue weighted by Gasteiger charge is 2.17. The summed E-state index contributed by atoms with van der Waals surface area (Å²) in [6.45, 7) is 4.45. The zero-order valence-corrected chi connectivity index (χ0v) is 9.13. The van der Waals surface area contributed by atoms with Crippen LogP contribution in [0.5, 0.6) is 0 Å². The summed E-state index contributed by atoms with van der Waals surface area (Å²) in [7, 11) is 0.